The van der Waals surface area contributed by atoms with Crippen molar-refractivity contribution >= 4 is 18.3 Å². The zero-order valence-corrected chi connectivity index (χ0v) is 13.7. The summed E-state index contributed by atoms with van der Waals surface area (Å²) in [6.45, 7) is 4.94. The lowest BCUT2D eigenvalue weighted by molar-refractivity contribution is -0.139. The van der Waals surface area contributed by atoms with Crippen molar-refractivity contribution < 1.29 is 17.9 Å². The van der Waals surface area contributed by atoms with Gasteiger partial charge in [-0.3, -0.25) is 4.90 Å². The van der Waals surface area contributed by atoms with Gasteiger partial charge in [0.1, 0.15) is 0 Å². The van der Waals surface area contributed by atoms with E-state index >= 15 is 0 Å². The van der Waals surface area contributed by atoms with Gasteiger partial charge in [0, 0.05) is 49.9 Å². The molecule has 0 aliphatic carbocycles. The van der Waals surface area contributed by atoms with E-state index in [2.05, 4.69) is 17.5 Å². The molecule has 1 aromatic carbocycles. The average Bonchev–Trinajstić information content (AvgIpc) is 3.00. The molecule has 0 spiro atoms. The summed E-state index contributed by atoms with van der Waals surface area (Å²) >= 11 is 3.92. The highest BCUT2D eigenvalue weighted by atomic mass is 32.1. The molecule has 2 heterocycles. The molecule has 2 aliphatic heterocycles. The molecule has 128 valence electrons. The Morgan fingerprint density at radius 1 is 1.17 bits per heavy atom. The number of anilines is 1. The molecule has 2 fully saturated rings. The van der Waals surface area contributed by atoms with E-state index in [1.165, 1.54) is 12.1 Å². The number of hydrogen-bond acceptors (Lipinski definition) is 4. The molecule has 1 aromatic rings. The molecule has 3 nitrogen and oxygen atoms in total. The second-order valence-corrected chi connectivity index (χ2v) is 6.60. The molecule has 23 heavy (non-hydrogen) atoms. The summed E-state index contributed by atoms with van der Waals surface area (Å²) in [6.07, 6.45) is -1.81. The molecule has 0 bridgehead atoms. The third kappa shape index (κ3) is 4.14. The summed E-state index contributed by atoms with van der Waals surface area (Å²) < 4.78 is 44.6. The van der Waals surface area contributed by atoms with Crippen LogP contribution in [0.15, 0.2) is 23.1 Å². The fraction of sp³-hybridized carbons (Fsp3) is 0.625. The molecule has 0 N–H and O–H groups in total. The van der Waals surface area contributed by atoms with Gasteiger partial charge >= 0.3 is 6.18 Å². The number of alkyl halides is 3. The first kappa shape index (κ1) is 16.9. The topological polar surface area (TPSA) is 15.7 Å². The second kappa shape index (κ2) is 6.91. The Hall–Kier alpha value is -0.920. The third-order valence-electron chi connectivity index (χ3n) is 4.51. The highest BCUT2D eigenvalue weighted by Gasteiger charge is 2.33. The van der Waals surface area contributed by atoms with Crippen LogP contribution in [-0.2, 0) is 10.9 Å². The summed E-state index contributed by atoms with van der Waals surface area (Å²) in [6, 6.07) is 4.35. The Morgan fingerprint density at radius 3 is 2.52 bits per heavy atom. The van der Waals surface area contributed by atoms with Gasteiger partial charge in [-0.1, -0.05) is 0 Å². The van der Waals surface area contributed by atoms with Crippen molar-refractivity contribution in [2.75, 3.05) is 44.2 Å². The zero-order valence-electron chi connectivity index (χ0n) is 12.9. The molecular weight excluding hydrogens is 325 g/mol. The summed E-state index contributed by atoms with van der Waals surface area (Å²) in [5, 5.41) is 0. The molecule has 0 saturated carbocycles. The highest BCUT2D eigenvalue weighted by Crippen LogP contribution is 2.36. The third-order valence-corrected chi connectivity index (χ3v) is 4.90. The minimum Gasteiger partial charge on any atom is -0.377 e. The van der Waals surface area contributed by atoms with Gasteiger partial charge in [-0.25, -0.2) is 0 Å². The summed E-state index contributed by atoms with van der Waals surface area (Å²) in [5.41, 5.74) is -0.0491. The predicted molar refractivity (Wildman–Crippen MR) is 86.3 cm³/mol. The molecular formula is C16H21F3N2OS. The number of ether oxygens (including phenoxy) is 1. The van der Waals surface area contributed by atoms with Crippen LogP contribution in [-0.4, -0.2) is 50.3 Å². The maximum absolute atomic E-state index is 13.0. The standard InChI is InChI=1S/C16H21F3N2OS/c17-16(18,19)14-10-12(3-4-15(14)23)21-7-5-20(6-8-21)11-13-2-1-9-22-13/h3-4,10,13,23H,1-2,5-9,11H2. The number of halogens is 3. The minimum absolute atomic E-state index is 0.0294. The van der Waals surface area contributed by atoms with Gasteiger partial charge in [0.2, 0.25) is 0 Å². The van der Waals surface area contributed by atoms with Crippen LogP contribution in [0.5, 0.6) is 0 Å². The van der Waals surface area contributed by atoms with Crippen molar-refractivity contribution in [3.05, 3.63) is 23.8 Å². The Labute approximate surface area is 139 Å². The molecule has 2 aliphatic rings. The van der Waals surface area contributed by atoms with Crippen molar-refractivity contribution in [3.8, 4) is 0 Å². The lowest BCUT2D eigenvalue weighted by Crippen LogP contribution is -2.48. The smallest absolute Gasteiger partial charge is 0.377 e. The Kier molecular flexibility index (Phi) is 5.08. The van der Waals surface area contributed by atoms with E-state index in [0.29, 0.717) is 11.8 Å². The molecule has 0 radical (unpaired) electrons. The number of nitrogens with zero attached hydrogens (tertiary/aromatic N) is 2. The minimum atomic E-state index is -4.37. The van der Waals surface area contributed by atoms with E-state index < -0.39 is 11.7 Å². The molecule has 0 amide bonds. The van der Waals surface area contributed by atoms with Crippen LogP contribution in [0.1, 0.15) is 18.4 Å². The second-order valence-electron chi connectivity index (χ2n) is 6.12. The first-order valence-corrected chi connectivity index (χ1v) is 8.37. The van der Waals surface area contributed by atoms with Crippen molar-refractivity contribution in [2.24, 2.45) is 0 Å². The first-order valence-electron chi connectivity index (χ1n) is 7.92. The van der Waals surface area contributed by atoms with Gasteiger partial charge in [-0.05, 0) is 31.0 Å². The van der Waals surface area contributed by atoms with Crippen LogP contribution in [0.4, 0.5) is 18.9 Å². The molecule has 0 aromatic heterocycles. The van der Waals surface area contributed by atoms with E-state index in [0.717, 1.165) is 52.2 Å². The lowest BCUT2D eigenvalue weighted by Gasteiger charge is -2.37. The number of piperazine rings is 1. The monoisotopic (exact) mass is 346 g/mol. The van der Waals surface area contributed by atoms with E-state index in [1.54, 1.807) is 6.07 Å². The largest absolute Gasteiger partial charge is 0.417 e. The van der Waals surface area contributed by atoms with Gasteiger partial charge in [0.25, 0.3) is 0 Å². The van der Waals surface area contributed by atoms with Gasteiger partial charge < -0.3 is 9.64 Å². The first-order chi connectivity index (χ1) is 10.9. The van der Waals surface area contributed by atoms with Crippen molar-refractivity contribution in [1.29, 1.82) is 0 Å². The maximum Gasteiger partial charge on any atom is 0.417 e. The fourth-order valence-corrected chi connectivity index (χ4v) is 3.48. The lowest BCUT2D eigenvalue weighted by atomic mass is 10.1. The molecule has 1 atom stereocenters. The SMILES string of the molecule is FC(F)(F)c1cc(N2CCN(CC3CCCO3)CC2)ccc1S. The predicted octanol–water partition coefficient (Wildman–Crippen LogP) is 3.30. The molecule has 1 unspecified atom stereocenters. The van der Waals surface area contributed by atoms with Crippen LogP contribution in [0.3, 0.4) is 0 Å². The van der Waals surface area contributed by atoms with Gasteiger partial charge in [-0.2, -0.15) is 13.2 Å². The average molecular weight is 346 g/mol. The normalized spacial score (nSPS) is 23.5. The van der Waals surface area contributed by atoms with Gasteiger partial charge in [-0.15, -0.1) is 12.6 Å². The van der Waals surface area contributed by atoms with E-state index in [9.17, 15) is 13.2 Å². The fourth-order valence-electron chi connectivity index (χ4n) is 3.21. The highest BCUT2D eigenvalue weighted by molar-refractivity contribution is 7.80. The number of thiol groups is 1. The zero-order chi connectivity index (χ0) is 16.4. The molecule has 2 saturated heterocycles. The van der Waals surface area contributed by atoms with Gasteiger partial charge in [0.05, 0.1) is 11.7 Å². The molecule has 3 rings (SSSR count). The Balaban J connectivity index is 1.61. The Morgan fingerprint density at radius 2 is 1.91 bits per heavy atom. The van der Waals surface area contributed by atoms with E-state index in [-0.39, 0.29) is 4.90 Å². The van der Waals surface area contributed by atoms with Gasteiger partial charge in [0.15, 0.2) is 0 Å². The van der Waals surface area contributed by atoms with Crippen LogP contribution in [0, 0.1) is 0 Å². The quantitative estimate of drug-likeness (QED) is 0.846. The van der Waals surface area contributed by atoms with Crippen molar-refractivity contribution in [3.63, 3.8) is 0 Å². The maximum atomic E-state index is 13.0. The van der Waals surface area contributed by atoms with Crippen molar-refractivity contribution in [1.82, 2.24) is 4.90 Å². The van der Waals surface area contributed by atoms with Crippen molar-refractivity contribution in [2.45, 2.75) is 30.0 Å². The number of hydrogen-bond donors (Lipinski definition) is 1. The van der Waals surface area contributed by atoms with Crippen LogP contribution in [0.2, 0.25) is 0 Å². The summed E-state index contributed by atoms with van der Waals surface area (Å²) in [4.78, 5) is 4.32. The van der Waals surface area contributed by atoms with Crippen LogP contribution >= 0.6 is 12.6 Å². The van der Waals surface area contributed by atoms with Crippen LogP contribution in [0.25, 0.3) is 0 Å². The summed E-state index contributed by atoms with van der Waals surface area (Å²) in [7, 11) is 0. The Bertz CT molecular complexity index is 539. The molecule has 7 heteroatoms. The van der Waals surface area contributed by atoms with E-state index in [1.807, 2.05) is 4.90 Å². The van der Waals surface area contributed by atoms with Crippen LogP contribution < -0.4 is 4.90 Å². The summed E-state index contributed by atoms with van der Waals surface area (Å²) in [5.74, 6) is 0. The number of benzene rings is 1. The van der Waals surface area contributed by atoms with E-state index in [4.69, 9.17) is 4.74 Å². The number of rotatable bonds is 3.